The molecule has 0 saturated heterocycles. The Bertz CT molecular complexity index is 2940. The Labute approximate surface area is 522 Å². The van der Waals surface area contributed by atoms with Gasteiger partial charge in [-0.2, -0.15) is 0 Å². The number of ether oxygens (including phenoxy) is 6. The topological polar surface area (TPSA) is 124 Å². The van der Waals surface area contributed by atoms with E-state index < -0.39 is 46.6 Å². The lowest BCUT2D eigenvalue weighted by Crippen LogP contribution is -2.13. The van der Waals surface area contributed by atoms with E-state index in [1.807, 2.05) is 48.5 Å². The maximum Gasteiger partial charge on any atom is 0.346 e. The smallest absolute Gasteiger partial charge is 0.346 e. The molecule has 6 aromatic rings. The van der Waals surface area contributed by atoms with Crippen LogP contribution in [0.1, 0.15) is 239 Å². The van der Waals surface area contributed by atoms with Crippen LogP contribution >= 0.6 is 0 Å². The summed E-state index contributed by atoms with van der Waals surface area (Å²) in [5.74, 6) is -3.87. The highest BCUT2D eigenvalue weighted by Crippen LogP contribution is 2.29. The fraction of sp³-hybridized carbons (Fsp3) is 0.447. The van der Waals surface area contributed by atoms with Crippen LogP contribution < -0.4 is 28.4 Å². The minimum Gasteiger partial charge on any atom is -0.494 e. The Balaban J connectivity index is 0.877. The Kier molecular flexibility index (Phi) is 31.6. The van der Waals surface area contributed by atoms with E-state index in [0.717, 1.165) is 60.4 Å². The van der Waals surface area contributed by atoms with Crippen molar-refractivity contribution in [1.29, 1.82) is 0 Å². The van der Waals surface area contributed by atoms with Gasteiger partial charge in [-0.05, 0) is 134 Å². The van der Waals surface area contributed by atoms with Crippen molar-refractivity contribution in [3.8, 4) is 34.5 Å². The first-order valence-electron chi connectivity index (χ1n) is 32.7. The lowest BCUT2D eigenvalue weighted by molar-refractivity contribution is -0.130. The number of esters is 4. The zero-order chi connectivity index (χ0) is 62.6. The molecule has 472 valence electrons. The minimum absolute atomic E-state index is 0.0655. The van der Waals surface area contributed by atoms with Gasteiger partial charge in [0, 0.05) is 23.3 Å². The largest absolute Gasteiger partial charge is 0.494 e. The molecule has 0 aliphatic carbocycles. The molecule has 6 aromatic carbocycles. The molecule has 0 N–H and O–H groups in total. The third-order valence-corrected chi connectivity index (χ3v) is 15.7. The molecule has 0 unspecified atom stereocenters. The van der Waals surface area contributed by atoms with Gasteiger partial charge in [0.15, 0.2) is 0 Å². The Hall–Kier alpha value is -7.60. The van der Waals surface area contributed by atoms with Gasteiger partial charge in [-0.1, -0.05) is 217 Å². The predicted molar refractivity (Wildman–Crippen MR) is 350 cm³/mol. The fourth-order valence-corrected chi connectivity index (χ4v) is 10.4. The zero-order valence-electron chi connectivity index (χ0n) is 52.8. The van der Waals surface area contributed by atoms with Crippen molar-refractivity contribution in [2.24, 2.45) is 0 Å². The van der Waals surface area contributed by atoms with Crippen molar-refractivity contribution in [3.05, 3.63) is 166 Å². The number of halogens is 2. The van der Waals surface area contributed by atoms with Crippen LogP contribution in [0.5, 0.6) is 34.5 Å². The molecule has 0 saturated carbocycles. The molecule has 0 atom stereocenters. The van der Waals surface area contributed by atoms with Gasteiger partial charge in [-0.15, -0.1) is 0 Å². The van der Waals surface area contributed by atoms with Gasteiger partial charge in [0.1, 0.15) is 46.1 Å². The molecule has 88 heavy (non-hydrogen) atoms. The van der Waals surface area contributed by atoms with Gasteiger partial charge in [0.25, 0.3) is 0 Å². The van der Waals surface area contributed by atoms with E-state index in [4.69, 9.17) is 28.4 Å². The summed E-state index contributed by atoms with van der Waals surface area (Å²) in [4.78, 5) is 52.4. The van der Waals surface area contributed by atoms with E-state index in [1.54, 1.807) is 38.1 Å². The molecule has 0 aromatic heterocycles. The normalized spacial score (nSPS) is 11.6. The number of unbranched alkanes of at least 4 members (excludes halogenated alkanes) is 26. The number of fused-ring (bicyclic) bond motifs is 1. The van der Waals surface area contributed by atoms with Crippen LogP contribution in [0.4, 0.5) is 8.78 Å². The number of hydrogen-bond acceptors (Lipinski definition) is 10. The third kappa shape index (κ3) is 26.0. The molecule has 12 heteroatoms. The summed E-state index contributed by atoms with van der Waals surface area (Å²) >= 11 is 0. The second-order valence-electron chi connectivity index (χ2n) is 23.2. The first-order chi connectivity index (χ1) is 42.9. The summed E-state index contributed by atoms with van der Waals surface area (Å²) in [6.07, 6.45) is 39.8. The van der Waals surface area contributed by atoms with Crippen molar-refractivity contribution in [3.63, 3.8) is 0 Å². The van der Waals surface area contributed by atoms with Gasteiger partial charge in [-0.3, -0.25) is 0 Å². The van der Waals surface area contributed by atoms with Crippen molar-refractivity contribution in [2.45, 2.75) is 207 Å². The van der Waals surface area contributed by atoms with Crippen LogP contribution in [0.25, 0.3) is 22.9 Å². The van der Waals surface area contributed by atoms with Crippen LogP contribution in [0.15, 0.2) is 132 Å². The lowest BCUT2D eigenvalue weighted by Gasteiger charge is -2.10. The van der Waals surface area contributed by atoms with Crippen molar-refractivity contribution in [1.82, 2.24) is 0 Å². The summed E-state index contributed by atoms with van der Waals surface area (Å²) in [7, 11) is 0. The summed E-state index contributed by atoms with van der Waals surface area (Å²) in [5.41, 5.74) is 1.30. The van der Waals surface area contributed by atoms with Crippen LogP contribution in [-0.4, -0.2) is 37.1 Å². The molecule has 0 aliphatic rings. The molecule has 0 aliphatic heterocycles. The summed E-state index contributed by atoms with van der Waals surface area (Å²) in [5, 5.41) is 1.18. The number of rotatable bonds is 42. The minimum atomic E-state index is -1.00. The molecule has 0 amide bonds. The molecule has 0 heterocycles. The number of carbonyl (C=O) groups is 4. The van der Waals surface area contributed by atoms with E-state index in [-0.39, 0.29) is 34.1 Å². The highest BCUT2D eigenvalue weighted by Gasteiger charge is 2.20. The second-order valence-corrected chi connectivity index (χ2v) is 23.2. The lowest BCUT2D eigenvalue weighted by atomic mass is 10.0. The summed E-state index contributed by atoms with van der Waals surface area (Å²) in [6.45, 7) is 9.01. The van der Waals surface area contributed by atoms with Gasteiger partial charge in [0.2, 0.25) is 0 Å². The second kappa shape index (κ2) is 40.0. The molecular weight excluding hydrogens is 1110 g/mol. The van der Waals surface area contributed by atoms with E-state index in [9.17, 15) is 19.2 Å². The summed E-state index contributed by atoms with van der Waals surface area (Å²) in [6, 6.07) is 31.0. The Morgan fingerprint density at radius 3 is 0.932 bits per heavy atom. The number of hydrogen-bond donors (Lipinski definition) is 0. The predicted octanol–water partition coefficient (Wildman–Crippen LogP) is 21.3. The molecule has 0 spiro atoms. The SMILES string of the molecule is CCCCCCCCCCCCCCCCOc1ccc(/C=C(\C)C(=O)Oc2ccc(C(=O)Oc3ccc4ccc(OC(=O)c5ccc(OC(=O)/C(C)=C/c6ccc(OCCCCCCCCCCCCCCCC)cc6)cc5F)cc4c3)c(F)c2)cc1. The van der Waals surface area contributed by atoms with Gasteiger partial charge in [-0.25, -0.2) is 28.0 Å². The van der Waals surface area contributed by atoms with Crippen LogP contribution in [0, 0.1) is 11.6 Å². The maximum absolute atomic E-state index is 15.4. The van der Waals surface area contributed by atoms with Gasteiger partial charge in [0.05, 0.1) is 24.3 Å². The Morgan fingerprint density at radius 1 is 0.330 bits per heavy atom. The zero-order valence-corrected chi connectivity index (χ0v) is 52.8. The first kappa shape index (κ1) is 69.5. The van der Waals surface area contributed by atoms with Gasteiger partial charge < -0.3 is 28.4 Å². The Morgan fingerprint density at radius 2 is 0.614 bits per heavy atom. The average Bonchev–Trinajstić information content (AvgIpc) is 1.93. The van der Waals surface area contributed by atoms with E-state index >= 15 is 8.78 Å². The monoisotopic (exact) mass is 1200 g/mol. The van der Waals surface area contributed by atoms with Crippen LogP contribution in [0.2, 0.25) is 0 Å². The van der Waals surface area contributed by atoms with Crippen molar-refractivity contribution in [2.75, 3.05) is 13.2 Å². The molecule has 10 nitrogen and oxygen atoms in total. The highest BCUT2D eigenvalue weighted by molar-refractivity contribution is 5.97. The first-order valence-corrected chi connectivity index (χ1v) is 32.7. The highest BCUT2D eigenvalue weighted by atomic mass is 19.1. The average molecular weight is 1210 g/mol. The molecule has 6 rings (SSSR count). The third-order valence-electron chi connectivity index (χ3n) is 15.7. The standard InChI is InChI=1S/C76H94F2O10/c1-5-7-9-11-13-15-17-19-21-23-25-27-29-31-49-83-63-39-33-59(34-40-63)51-57(3)73(79)85-67-45-47-69(71(77)55-67)75(81)87-65-43-37-61-38-44-66(54-62(61)53-65)88-76(82)70-48-46-68(56-72(70)78)86-74(80)58(4)52-60-35-41-64(42-36-60)84-50-32-30-28-26-24-22-20-18-16-14-12-10-8-6-2/h33-48,51-56H,5-32,49-50H2,1-4H3/b57-51+,58-52+. The molecule has 0 radical (unpaired) electrons. The molecular formula is C76H94F2O10. The molecule has 0 fully saturated rings. The van der Waals surface area contributed by atoms with E-state index in [1.165, 1.54) is 203 Å². The maximum atomic E-state index is 15.4. The van der Waals surface area contributed by atoms with Gasteiger partial charge >= 0.3 is 23.9 Å². The van der Waals surface area contributed by atoms with E-state index in [0.29, 0.717) is 24.0 Å². The van der Waals surface area contributed by atoms with Crippen LogP contribution in [-0.2, 0) is 9.59 Å². The fourth-order valence-electron chi connectivity index (χ4n) is 10.4. The quantitative estimate of drug-likeness (QED) is 0.0158. The molecule has 0 bridgehead atoms. The van der Waals surface area contributed by atoms with Crippen molar-refractivity contribution >= 4 is 46.8 Å². The van der Waals surface area contributed by atoms with Crippen molar-refractivity contribution < 1.29 is 56.4 Å². The number of carbonyl (C=O) groups excluding carboxylic acids is 4. The van der Waals surface area contributed by atoms with E-state index in [2.05, 4.69) is 13.8 Å². The number of benzene rings is 6. The summed E-state index contributed by atoms with van der Waals surface area (Å²) < 4.78 is 64.5. The van der Waals surface area contributed by atoms with Crippen LogP contribution in [0.3, 0.4) is 0 Å².